The fourth-order valence-electron chi connectivity index (χ4n) is 1.85. The van der Waals surface area contributed by atoms with Gasteiger partial charge in [0, 0.05) is 23.3 Å². The van der Waals surface area contributed by atoms with E-state index in [9.17, 15) is 4.79 Å². The summed E-state index contributed by atoms with van der Waals surface area (Å²) in [6, 6.07) is 11.5. The first-order chi connectivity index (χ1) is 8.34. The molecular formula is C13H9N3O. The molecule has 0 aliphatic rings. The zero-order chi connectivity index (χ0) is 11.7. The van der Waals surface area contributed by atoms with Crippen LogP contribution in [0.1, 0.15) is 0 Å². The summed E-state index contributed by atoms with van der Waals surface area (Å²) in [6.07, 6.45) is 3.24. The number of benzene rings is 1. The van der Waals surface area contributed by atoms with E-state index in [4.69, 9.17) is 0 Å². The molecule has 2 heterocycles. The quantitative estimate of drug-likeness (QED) is 0.686. The Kier molecular flexibility index (Phi) is 2.19. The maximum Gasteiger partial charge on any atom is 0.345 e. The molecule has 17 heavy (non-hydrogen) atoms. The normalized spacial score (nSPS) is 10.6. The van der Waals surface area contributed by atoms with Crippen molar-refractivity contribution in [2.45, 2.75) is 0 Å². The second-order valence-corrected chi connectivity index (χ2v) is 3.67. The Labute approximate surface area is 97.0 Å². The van der Waals surface area contributed by atoms with E-state index in [1.54, 1.807) is 12.3 Å². The number of para-hydroxylation sites is 1. The average Bonchev–Trinajstić information content (AvgIpc) is 2.38. The summed E-state index contributed by atoms with van der Waals surface area (Å²) in [5.74, 6) is 0. The molecule has 0 saturated heterocycles. The van der Waals surface area contributed by atoms with E-state index in [-0.39, 0.29) is 5.69 Å². The van der Waals surface area contributed by atoms with Gasteiger partial charge < -0.3 is 4.98 Å². The van der Waals surface area contributed by atoms with Crippen molar-refractivity contribution in [1.29, 1.82) is 0 Å². The molecule has 3 rings (SSSR count). The van der Waals surface area contributed by atoms with Crippen molar-refractivity contribution >= 4 is 10.9 Å². The SMILES string of the molecule is O=c1nccc(-c2cccc3cccnc23)[nH]1. The summed E-state index contributed by atoms with van der Waals surface area (Å²) in [5.41, 5.74) is 2.16. The molecule has 0 fully saturated rings. The van der Waals surface area contributed by atoms with Crippen molar-refractivity contribution in [2.24, 2.45) is 0 Å². The minimum Gasteiger partial charge on any atom is -0.305 e. The van der Waals surface area contributed by atoms with Gasteiger partial charge in [0.25, 0.3) is 0 Å². The second-order valence-electron chi connectivity index (χ2n) is 3.67. The number of hydrogen-bond donors (Lipinski definition) is 1. The predicted molar refractivity (Wildman–Crippen MR) is 65.6 cm³/mol. The molecule has 1 N–H and O–H groups in total. The van der Waals surface area contributed by atoms with E-state index >= 15 is 0 Å². The molecule has 0 atom stereocenters. The Morgan fingerprint density at radius 2 is 1.82 bits per heavy atom. The van der Waals surface area contributed by atoms with Crippen LogP contribution in [0.3, 0.4) is 0 Å². The van der Waals surface area contributed by atoms with Gasteiger partial charge in [-0.05, 0) is 12.1 Å². The summed E-state index contributed by atoms with van der Waals surface area (Å²) in [4.78, 5) is 21.9. The molecular weight excluding hydrogens is 214 g/mol. The lowest BCUT2D eigenvalue weighted by Gasteiger charge is -2.04. The van der Waals surface area contributed by atoms with E-state index in [2.05, 4.69) is 15.0 Å². The third-order valence-electron chi connectivity index (χ3n) is 2.60. The lowest BCUT2D eigenvalue weighted by Crippen LogP contribution is -2.09. The second kappa shape index (κ2) is 3.83. The smallest absolute Gasteiger partial charge is 0.305 e. The van der Waals surface area contributed by atoms with Crippen LogP contribution in [0.2, 0.25) is 0 Å². The van der Waals surface area contributed by atoms with Gasteiger partial charge in [-0.1, -0.05) is 24.3 Å². The van der Waals surface area contributed by atoms with Gasteiger partial charge in [-0.25, -0.2) is 9.78 Å². The monoisotopic (exact) mass is 223 g/mol. The van der Waals surface area contributed by atoms with Crippen molar-refractivity contribution < 1.29 is 0 Å². The van der Waals surface area contributed by atoms with E-state index in [0.717, 1.165) is 22.2 Å². The Bertz CT molecular complexity index is 728. The summed E-state index contributed by atoms with van der Waals surface area (Å²) in [7, 11) is 0. The zero-order valence-electron chi connectivity index (χ0n) is 8.92. The maximum atomic E-state index is 11.2. The van der Waals surface area contributed by atoms with E-state index in [1.165, 1.54) is 6.20 Å². The molecule has 82 valence electrons. The molecule has 0 radical (unpaired) electrons. The highest BCUT2D eigenvalue weighted by Crippen LogP contribution is 2.24. The highest BCUT2D eigenvalue weighted by atomic mass is 16.1. The molecule has 0 unspecified atom stereocenters. The fraction of sp³-hybridized carbons (Fsp3) is 0. The average molecular weight is 223 g/mol. The van der Waals surface area contributed by atoms with Gasteiger partial charge in [-0.2, -0.15) is 0 Å². The highest BCUT2D eigenvalue weighted by molar-refractivity contribution is 5.92. The molecule has 0 saturated carbocycles. The topological polar surface area (TPSA) is 58.6 Å². The van der Waals surface area contributed by atoms with E-state index in [1.807, 2.05) is 30.3 Å². The van der Waals surface area contributed by atoms with Gasteiger partial charge in [0.15, 0.2) is 0 Å². The van der Waals surface area contributed by atoms with Gasteiger partial charge in [0.05, 0.1) is 11.2 Å². The van der Waals surface area contributed by atoms with Gasteiger partial charge in [-0.3, -0.25) is 4.98 Å². The molecule has 2 aromatic heterocycles. The van der Waals surface area contributed by atoms with Gasteiger partial charge in [0.2, 0.25) is 0 Å². The van der Waals surface area contributed by atoms with E-state index in [0.29, 0.717) is 0 Å². The third-order valence-corrected chi connectivity index (χ3v) is 2.60. The number of nitrogens with one attached hydrogen (secondary N) is 1. The third kappa shape index (κ3) is 1.69. The first-order valence-electron chi connectivity index (χ1n) is 5.24. The number of aromatic nitrogens is 3. The number of hydrogen-bond acceptors (Lipinski definition) is 3. The first kappa shape index (κ1) is 9.72. The summed E-state index contributed by atoms with van der Waals surface area (Å²) in [6.45, 7) is 0. The molecule has 0 amide bonds. The summed E-state index contributed by atoms with van der Waals surface area (Å²) >= 11 is 0. The standard InChI is InChI=1S/C13H9N3O/c17-13-15-8-6-11(16-13)10-5-1-3-9-4-2-7-14-12(9)10/h1-8H,(H,15,16,17). The van der Waals surface area contributed by atoms with Crippen LogP contribution < -0.4 is 5.69 Å². The molecule has 0 bridgehead atoms. The van der Waals surface area contributed by atoms with Crippen LogP contribution in [0.5, 0.6) is 0 Å². The fourth-order valence-corrected chi connectivity index (χ4v) is 1.85. The number of aromatic amines is 1. The molecule has 4 heteroatoms. The van der Waals surface area contributed by atoms with Crippen LogP contribution >= 0.6 is 0 Å². The van der Waals surface area contributed by atoms with Crippen LogP contribution in [0, 0.1) is 0 Å². The van der Waals surface area contributed by atoms with Crippen molar-refractivity contribution in [3.8, 4) is 11.3 Å². The molecule has 4 nitrogen and oxygen atoms in total. The number of H-pyrrole nitrogens is 1. The molecule has 0 aliphatic heterocycles. The van der Waals surface area contributed by atoms with Gasteiger partial charge >= 0.3 is 5.69 Å². The van der Waals surface area contributed by atoms with Crippen LogP contribution in [-0.2, 0) is 0 Å². The number of pyridine rings is 1. The molecule has 0 spiro atoms. The van der Waals surface area contributed by atoms with Gasteiger partial charge in [0.1, 0.15) is 0 Å². The van der Waals surface area contributed by atoms with Crippen LogP contribution in [-0.4, -0.2) is 15.0 Å². The molecule has 1 aromatic carbocycles. The Balaban J connectivity index is 2.34. The largest absolute Gasteiger partial charge is 0.345 e. The van der Waals surface area contributed by atoms with Crippen LogP contribution in [0.15, 0.2) is 53.6 Å². The lowest BCUT2D eigenvalue weighted by atomic mass is 10.1. The molecule has 3 aromatic rings. The minimum absolute atomic E-state index is 0.351. The number of fused-ring (bicyclic) bond motifs is 1. The maximum absolute atomic E-state index is 11.2. The first-order valence-corrected chi connectivity index (χ1v) is 5.24. The van der Waals surface area contributed by atoms with E-state index < -0.39 is 0 Å². The number of nitrogens with zero attached hydrogens (tertiary/aromatic N) is 2. The predicted octanol–water partition coefficient (Wildman–Crippen LogP) is 1.99. The van der Waals surface area contributed by atoms with Crippen molar-refractivity contribution in [3.05, 3.63) is 59.3 Å². The molecule has 0 aliphatic carbocycles. The van der Waals surface area contributed by atoms with Crippen molar-refractivity contribution in [3.63, 3.8) is 0 Å². The zero-order valence-corrected chi connectivity index (χ0v) is 8.92. The van der Waals surface area contributed by atoms with Crippen molar-refractivity contribution in [2.75, 3.05) is 0 Å². The highest BCUT2D eigenvalue weighted by Gasteiger charge is 2.04. The lowest BCUT2D eigenvalue weighted by molar-refractivity contribution is 1.08. The van der Waals surface area contributed by atoms with Crippen molar-refractivity contribution in [1.82, 2.24) is 15.0 Å². The van der Waals surface area contributed by atoms with Crippen LogP contribution in [0.25, 0.3) is 22.2 Å². The minimum atomic E-state index is -0.351. The van der Waals surface area contributed by atoms with Gasteiger partial charge in [-0.15, -0.1) is 0 Å². The Morgan fingerprint density at radius 1 is 0.941 bits per heavy atom. The Hall–Kier alpha value is -2.49. The Morgan fingerprint density at radius 3 is 2.71 bits per heavy atom. The summed E-state index contributed by atoms with van der Waals surface area (Å²) < 4.78 is 0. The number of rotatable bonds is 1. The van der Waals surface area contributed by atoms with Crippen LogP contribution in [0.4, 0.5) is 0 Å². The summed E-state index contributed by atoms with van der Waals surface area (Å²) in [5, 5.41) is 1.04.